The molecule has 0 saturated heterocycles. The summed E-state index contributed by atoms with van der Waals surface area (Å²) in [5, 5.41) is 0. The van der Waals surface area contributed by atoms with Crippen molar-refractivity contribution < 1.29 is 18.7 Å². The van der Waals surface area contributed by atoms with Gasteiger partial charge in [-0.3, -0.25) is 4.79 Å². The van der Waals surface area contributed by atoms with Crippen LogP contribution in [0.4, 0.5) is 4.39 Å². The van der Waals surface area contributed by atoms with Gasteiger partial charge in [0.15, 0.2) is 11.5 Å². The Kier molecular flexibility index (Phi) is 3.84. The minimum atomic E-state index is -1.13. The van der Waals surface area contributed by atoms with E-state index in [1.54, 1.807) is 12.1 Å². The number of alkyl halides is 1. The highest BCUT2D eigenvalue weighted by Gasteiger charge is 2.18. The summed E-state index contributed by atoms with van der Waals surface area (Å²) in [5.74, 6) is 1.18. The molecule has 1 aromatic carbocycles. The number of hydrogen-bond donors (Lipinski definition) is 0. The highest BCUT2D eigenvalue weighted by molar-refractivity contribution is 5.79. The molecule has 0 N–H and O–H groups in total. The van der Waals surface area contributed by atoms with E-state index in [4.69, 9.17) is 9.47 Å². The van der Waals surface area contributed by atoms with Gasteiger partial charge in [-0.1, -0.05) is 0 Å². The summed E-state index contributed by atoms with van der Waals surface area (Å²) in [4.78, 5) is 11.2. The van der Waals surface area contributed by atoms with Gasteiger partial charge in [0.2, 0.25) is 0 Å². The second kappa shape index (κ2) is 5.38. The SMILES string of the molecule is CC(=O)Cc1cc2c(cc1C(C)F)OCCCO2. The molecule has 1 heterocycles. The number of halogens is 1. The maximum absolute atomic E-state index is 13.6. The van der Waals surface area contributed by atoms with E-state index in [9.17, 15) is 9.18 Å². The van der Waals surface area contributed by atoms with Gasteiger partial charge in [-0.25, -0.2) is 4.39 Å². The number of fused-ring (bicyclic) bond motifs is 1. The highest BCUT2D eigenvalue weighted by atomic mass is 19.1. The molecule has 18 heavy (non-hydrogen) atoms. The van der Waals surface area contributed by atoms with Crippen molar-refractivity contribution >= 4 is 5.78 Å². The van der Waals surface area contributed by atoms with Crippen molar-refractivity contribution in [2.75, 3.05) is 13.2 Å². The van der Waals surface area contributed by atoms with Gasteiger partial charge in [-0.05, 0) is 37.1 Å². The Morgan fingerprint density at radius 2 is 1.94 bits per heavy atom. The topological polar surface area (TPSA) is 35.5 Å². The summed E-state index contributed by atoms with van der Waals surface area (Å²) in [6, 6.07) is 3.39. The van der Waals surface area contributed by atoms with Crippen LogP contribution < -0.4 is 9.47 Å². The average Bonchev–Trinajstić information content (AvgIpc) is 2.51. The van der Waals surface area contributed by atoms with Crippen LogP contribution in [0.5, 0.6) is 11.5 Å². The lowest BCUT2D eigenvalue weighted by atomic mass is 9.99. The maximum Gasteiger partial charge on any atom is 0.161 e. The van der Waals surface area contributed by atoms with Crippen LogP contribution in [0.15, 0.2) is 12.1 Å². The number of ether oxygens (including phenoxy) is 2. The van der Waals surface area contributed by atoms with Gasteiger partial charge in [0.25, 0.3) is 0 Å². The van der Waals surface area contributed by atoms with Crippen molar-refractivity contribution in [3.8, 4) is 11.5 Å². The second-order valence-corrected chi connectivity index (χ2v) is 4.54. The van der Waals surface area contributed by atoms with Gasteiger partial charge < -0.3 is 9.47 Å². The summed E-state index contributed by atoms with van der Waals surface area (Å²) in [6.07, 6.45) is -0.103. The lowest BCUT2D eigenvalue weighted by Gasteiger charge is -2.14. The monoisotopic (exact) mass is 252 g/mol. The Balaban J connectivity index is 2.43. The maximum atomic E-state index is 13.6. The van der Waals surface area contributed by atoms with Crippen molar-refractivity contribution in [2.45, 2.75) is 32.9 Å². The van der Waals surface area contributed by atoms with E-state index in [0.717, 1.165) is 6.42 Å². The van der Waals surface area contributed by atoms with Crippen LogP contribution in [0.25, 0.3) is 0 Å². The van der Waals surface area contributed by atoms with Crippen LogP contribution in [0.2, 0.25) is 0 Å². The molecule has 4 heteroatoms. The number of carbonyl (C=O) groups is 1. The Morgan fingerprint density at radius 1 is 1.33 bits per heavy atom. The van der Waals surface area contributed by atoms with E-state index in [1.807, 2.05) is 0 Å². The molecule has 98 valence electrons. The van der Waals surface area contributed by atoms with E-state index < -0.39 is 6.17 Å². The molecule has 1 unspecified atom stereocenters. The first-order valence-electron chi connectivity index (χ1n) is 6.14. The molecule has 3 nitrogen and oxygen atoms in total. The lowest BCUT2D eigenvalue weighted by Crippen LogP contribution is -2.04. The van der Waals surface area contributed by atoms with Crippen molar-refractivity contribution in [3.05, 3.63) is 23.3 Å². The van der Waals surface area contributed by atoms with Crippen LogP contribution in [0.3, 0.4) is 0 Å². The number of rotatable bonds is 3. The molecule has 0 radical (unpaired) electrons. The zero-order chi connectivity index (χ0) is 13.1. The summed E-state index contributed by atoms with van der Waals surface area (Å²) in [6.45, 7) is 4.11. The summed E-state index contributed by atoms with van der Waals surface area (Å²) in [5.41, 5.74) is 1.19. The molecule has 1 aliphatic heterocycles. The van der Waals surface area contributed by atoms with Gasteiger partial charge >= 0.3 is 0 Å². The molecule has 0 bridgehead atoms. The number of carbonyl (C=O) groups excluding carboxylic acids is 1. The molecule has 0 saturated carbocycles. The van der Waals surface area contributed by atoms with Gasteiger partial charge in [-0.15, -0.1) is 0 Å². The zero-order valence-corrected chi connectivity index (χ0v) is 10.7. The Bertz CT molecular complexity index is 455. The molecular weight excluding hydrogens is 235 g/mol. The number of hydrogen-bond acceptors (Lipinski definition) is 3. The summed E-state index contributed by atoms with van der Waals surface area (Å²) in [7, 11) is 0. The number of Topliss-reactive ketones (excluding diaryl/α,β-unsaturated/α-hetero) is 1. The third-order valence-corrected chi connectivity index (χ3v) is 2.88. The van der Waals surface area contributed by atoms with E-state index in [0.29, 0.717) is 35.8 Å². The minimum absolute atomic E-state index is 0.00592. The van der Waals surface area contributed by atoms with E-state index in [2.05, 4.69) is 0 Å². The van der Waals surface area contributed by atoms with Gasteiger partial charge in [0, 0.05) is 12.8 Å². The predicted octanol–water partition coefficient (Wildman–Crippen LogP) is 3.01. The third kappa shape index (κ3) is 2.81. The Hall–Kier alpha value is -1.58. The molecule has 2 rings (SSSR count). The van der Waals surface area contributed by atoms with Crippen LogP contribution >= 0.6 is 0 Å². The fourth-order valence-corrected chi connectivity index (χ4v) is 2.06. The molecular formula is C14H17FO3. The largest absolute Gasteiger partial charge is 0.490 e. The summed E-state index contributed by atoms with van der Waals surface area (Å²) < 4.78 is 24.7. The van der Waals surface area contributed by atoms with Crippen molar-refractivity contribution in [1.82, 2.24) is 0 Å². The quantitative estimate of drug-likeness (QED) is 0.829. The van der Waals surface area contributed by atoms with E-state index >= 15 is 0 Å². The molecule has 1 atom stereocenters. The molecule has 0 fully saturated rings. The van der Waals surface area contributed by atoms with E-state index in [-0.39, 0.29) is 12.2 Å². The molecule has 0 spiro atoms. The van der Waals surface area contributed by atoms with Gasteiger partial charge in [-0.2, -0.15) is 0 Å². The highest BCUT2D eigenvalue weighted by Crippen LogP contribution is 2.36. The first-order valence-corrected chi connectivity index (χ1v) is 6.14. The van der Waals surface area contributed by atoms with Gasteiger partial charge in [0.1, 0.15) is 12.0 Å². The van der Waals surface area contributed by atoms with Crippen molar-refractivity contribution in [1.29, 1.82) is 0 Å². The first-order chi connectivity index (χ1) is 8.58. The predicted molar refractivity (Wildman–Crippen MR) is 66.0 cm³/mol. The fourth-order valence-electron chi connectivity index (χ4n) is 2.06. The van der Waals surface area contributed by atoms with Crippen molar-refractivity contribution in [2.24, 2.45) is 0 Å². The minimum Gasteiger partial charge on any atom is -0.490 e. The normalized spacial score (nSPS) is 15.9. The molecule has 1 aromatic rings. The second-order valence-electron chi connectivity index (χ2n) is 4.54. The molecule has 0 amide bonds. The average molecular weight is 252 g/mol. The van der Waals surface area contributed by atoms with Crippen LogP contribution in [0, 0.1) is 0 Å². The summed E-state index contributed by atoms with van der Waals surface area (Å²) >= 11 is 0. The van der Waals surface area contributed by atoms with Gasteiger partial charge in [0.05, 0.1) is 13.2 Å². The molecule has 0 aromatic heterocycles. The Labute approximate surface area is 106 Å². The van der Waals surface area contributed by atoms with Crippen molar-refractivity contribution in [3.63, 3.8) is 0 Å². The standard InChI is InChI=1S/C14H17FO3/c1-9(16)6-11-7-13-14(8-12(11)10(2)15)18-5-3-4-17-13/h7-8,10H,3-6H2,1-2H3. The van der Waals surface area contributed by atoms with Crippen LogP contribution in [-0.4, -0.2) is 19.0 Å². The lowest BCUT2D eigenvalue weighted by molar-refractivity contribution is -0.116. The van der Waals surface area contributed by atoms with Crippen LogP contribution in [0.1, 0.15) is 37.6 Å². The van der Waals surface area contributed by atoms with E-state index in [1.165, 1.54) is 13.8 Å². The molecule has 0 aliphatic carbocycles. The fraction of sp³-hybridized carbons (Fsp3) is 0.500. The first kappa shape index (κ1) is 12.9. The zero-order valence-electron chi connectivity index (χ0n) is 10.7. The van der Waals surface area contributed by atoms with Crippen LogP contribution in [-0.2, 0) is 11.2 Å². The Morgan fingerprint density at radius 3 is 2.50 bits per heavy atom. The smallest absolute Gasteiger partial charge is 0.161 e. The number of ketones is 1. The molecule has 1 aliphatic rings. The third-order valence-electron chi connectivity index (χ3n) is 2.88. The number of benzene rings is 1.